The van der Waals surface area contributed by atoms with Gasteiger partial charge < -0.3 is 24.4 Å². The maximum atomic E-state index is 12.9. The summed E-state index contributed by atoms with van der Waals surface area (Å²) in [6, 6.07) is -0.0670. The highest BCUT2D eigenvalue weighted by Crippen LogP contribution is 2.40. The number of carbonyl (C=O) groups excluding carboxylic acids is 2. The lowest BCUT2D eigenvalue weighted by molar-refractivity contribution is -0.143. The Bertz CT molecular complexity index is 781. The molecule has 1 N–H and O–H groups in total. The Morgan fingerprint density at radius 2 is 1.87 bits per heavy atom. The summed E-state index contributed by atoms with van der Waals surface area (Å²) in [4.78, 5) is 28.6. The first-order valence-electron chi connectivity index (χ1n) is 10.7. The molecule has 3 rings (SSSR count). The van der Waals surface area contributed by atoms with Crippen molar-refractivity contribution in [2.24, 2.45) is 5.41 Å². The molecule has 1 amide bonds. The molecule has 0 bridgehead atoms. The molecule has 166 valence electrons. The molecule has 1 atom stereocenters. The molecule has 1 unspecified atom stereocenters. The SMILES string of the molecule is CCOC(=O)CC(C)NC(=S)N1CCC2(CCN(C(=O)c3c(C)noc3C)CC2)C1. The summed E-state index contributed by atoms with van der Waals surface area (Å²) >= 11 is 5.59. The molecule has 0 saturated carbocycles. The van der Waals surface area contributed by atoms with Crippen LogP contribution in [0.1, 0.15) is 61.3 Å². The fourth-order valence-corrected chi connectivity index (χ4v) is 4.83. The zero-order valence-electron chi connectivity index (χ0n) is 18.3. The number of carbonyl (C=O) groups is 2. The molecule has 1 aromatic heterocycles. The minimum Gasteiger partial charge on any atom is -0.466 e. The molecule has 3 heterocycles. The zero-order valence-corrected chi connectivity index (χ0v) is 19.1. The first-order chi connectivity index (χ1) is 14.2. The van der Waals surface area contributed by atoms with Crippen molar-refractivity contribution in [2.45, 2.75) is 59.4 Å². The van der Waals surface area contributed by atoms with Gasteiger partial charge in [-0.05, 0) is 64.6 Å². The number of thiocarbonyl (C=S) groups is 1. The number of amides is 1. The maximum Gasteiger partial charge on any atom is 0.307 e. The van der Waals surface area contributed by atoms with Gasteiger partial charge in [-0.1, -0.05) is 5.16 Å². The summed E-state index contributed by atoms with van der Waals surface area (Å²) in [6.45, 7) is 11.0. The average molecular weight is 437 g/mol. The number of aromatic nitrogens is 1. The Kier molecular flexibility index (Phi) is 7.00. The molecule has 9 heteroatoms. The molecule has 2 fully saturated rings. The summed E-state index contributed by atoms with van der Waals surface area (Å²) in [5.41, 5.74) is 1.43. The second-order valence-electron chi connectivity index (χ2n) is 8.52. The molecule has 0 radical (unpaired) electrons. The molecule has 1 spiro atoms. The number of hydrogen-bond acceptors (Lipinski definition) is 6. The molecule has 8 nitrogen and oxygen atoms in total. The Hall–Kier alpha value is -2.16. The quantitative estimate of drug-likeness (QED) is 0.556. The number of esters is 1. The van der Waals surface area contributed by atoms with Crippen LogP contribution in [0, 0.1) is 19.3 Å². The number of nitrogens with one attached hydrogen (secondary N) is 1. The Morgan fingerprint density at radius 3 is 2.43 bits per heavy atom. The third kappa shape index (κ3) is 4.94. The fraction of sp³-hybridized carbons (Fsp3) is 0.714. The van der Waals surface area contributed by atoms with Crippen molar-refractivity contribution in [3.8, 4) is 0 Å². The monoisotopic (exact) mass is 436 g/mol. The molecule has 2 saturated heterocycles. The van der Waals surface area contributed by atoms with Gasteiger partial charge in [0.25, 0.3) is 5.91 Å². The third-order valence-corrected chi connectivity index (χ3v) is 6.61. The van der Waals surface area contributed by atoms with Gasteiger partial charge in [0.15, 0.2) is 5.11 Å². The van der Waals surface area contributed by atoms with Gasteiger partial charge in [-0.25, -0.2) is 0 Å². The van der Waals surface area contributed by atoms with Crippen molar-refractivity contribution in [1.82, 2.24) is 20.3 Å². The first kappa shape index (κ1) is 22.5. The van der Waals surface area contributed by atoms with Crippen molar-refractivity contribution in [2.75, 3.05) is 32.8 Å². The van der Waals surface area contributed by atoms with Gasteiger partial charge in [-0.3, -0.25) is 9.59 Å². The molecule has 2 aliphatic rings. The van der Waals surface area contributed by atoms with Gasteiger partial charge in [0.05, 0.1) is 18.7 Å². The van der Waals surface area contributed by atoms with E-state index in [1.54, 1.807) is 20.8 Å². The van der Waals surface area contributed by atoms with E-state index in [1.807, 2.05) is 11.8 Å². The van der Waals surface area contributed by atoms with E-state index in [-0.39, 0.29) is 23.3 Å². The van der Waals surface area contributed by atoms with Crippen LogP contribution in [-0.4, -0.2) is 70.8 Å². The van der Waals surface area contributed by atoms with Crippen molar-refractivity contribution >= 4 is 29.2 Å². The van der Waals surface area contributed by atoms with Crippen LogP contribution in [0.4, 0.5) is 0 Å². The number of rotatable bonds is 5. The van der Waals surface area contributed by atoms with Gasteiger partial charge in [0, 0.05) is 32.2 Å². The molecular formula is C21H32N4O4S. The lowest BCUT2D eigenvalue weighted by Crippen LogP contribution is -2.47. The Morgan fingerprint density at radius 1 is 1.23 bits per heavy atom. The van der Waals surface area contributed by atoms with E-state index in [2.05, 4.69) is 15.4 Å². The topological polar surface area (TPSA) is 87.9 Å². The lowest BCUT2D eigenvalue weighted by atomic mass is 9.77. The van der Waals surface area contributed by atoms with E-state index in [9.17, 15) is 9.59 Å². The third-order valence-electron chi connectivity index (χ3n) is 6.23. The normalized spacial score (nSPS) is 19.1. The van der Waals surface area contributed by atoms with Crippen LogP contribution < -0.4 is 5.32 Å². The number of nitrogens with zero attached hydrogens (tertiary/aromatic N) is 3. The molecule has 2 aliphatic heterocycles. The Balaban J connectivity index is 1.50. The number of aryl methyl sites for hydroxylation is 2. The molecule has 1 aromatic rings. The Labute approximate surface area is 183 Å². The minimum atomic E-state index is -0.214. The van der Waals surface area contributed by atoms with Crippen molar-refractivity contribution in [3.05, 3.63) is 17.0 Å². The van der Waals surface area contributed by atoms with E-state index < -0.39 is 0 Å². The van der Waals surface area contributed by atoms with Crippen LogP contribution in [0.2, 0.25) is 0 Å². The lowest BCUT2D eigenvalue weighted by Gasteiger charge is -2.39. The van der Waals surface area contributed by atoms with Crippen LogP contribution in [-0.2, 0) is 9.53 Å². The summed E-state index contributed by atoms with van der Waals surface area (Å²) in [6.07, 6.45) is 3.28. The van der Waals surface area contributed by atoms with E-state index >= 15 is 0 Å². The zero-order chi connectivity index (χ0) is 21.9. The molecule has 0 aliphatic carbocycles. The van der Waals surface area contributed by atoms with Crippen molar-refractivity contribution in [3.63, 3.8) is 0 Å². The molecule has 0 aromatic carbocycles. The second kappa shape index (κ2) is 9.32. The van der Waals surface area contributed by atoms with Crippen LogP contribution in [0.3, 0.4) is 0 Å². The van der Waals surface area contributed by atoms with Crippen LogP contribution in [0.25, 0.3) is 0 Å². The van der Waals surface area contributed by atoms with Gasteiger partial charge in [0.2, 0.25) is 0 Å². The largest absolute Gasteiger partial charge is 0.466 e. The number of piperidine rings is 1. The van der Waals surface area contributed by atoms with Crippen LogP contribution in [0.15, 0.2) is 4.52 Å². The highest BCUT2D eigenvalue weighted by molar-refractivity contribution is 7.80. The predicted molar refractivity (Wildman–Crippen MR) is 116 cm³/mol. The number of likely N-dealkylation sites (tertiary alicyclic amines) is 2. The van der Waals surface area contributed by atoms with Gasteiger partial charge in [-0.15, -0.1) is 0 Å². The predicted octanol–water partition coefficient (Wildman–Crippen LogP) is 2.44. The molecule has 30 heavy (non-hydrogen) atoms. The second-order valence-corrected chi connectivity index (χ2v) is 8.91. The van der Waals surface area contributed by atoms with Crippen molar-refractivity contribution < 1.29 is 18.8 Å². The van der Waals surface area contributed by atoms with E-state index in [1.165, 1.54) is 0 Å². The smallest absolute Gasteiger partial charge is 0.307 e. The highest BCUT2D eigenvalue weighted by atomic mass is 32.1. The number of hydrogen-bond donors (Lipinski definition) is 1. The standard InChI is InChI=1S/C21H32N4O4S/c1-5-28-17(26)12-14(2)22-20(30)25-11-8-21(13-25)6-9-24(10-7-21)19(27)18-15(3)23-29-16(18)4/h14H,5-13H2,1-4H3,(H,22,30). The van der Waals surface area contributed by atoms with Gasteiger partial charge in [-0.2, -0.15) is 0 Å². The van der Waals surface area contributed by atoms with E-state index in [0.29, 0.717) is 35.2 Å². The summed E-state index contributed by atoms with van der Waals surface area (Å²) < 4.78 is 10.2. The fourth-order valence-electron chi connectivity index (χ4n) is 4.47. The van der Waals surface area contributed by atoms with Gasteiger partial charge in [0.1, 0.15) is 11.3 Å². The van der Waals surface area contributed by atoms with E-state index in [0.717, 1.165) is 45.4 Å². The average Bonchev–Trinajstić information content (AvgIpc) is 3.25. The first-order valence-corrected chi connectivity index (χ1v) is 11.1. The minimum absolute atomic E-state index is 0.0148. The summed E-state index contributed by atoms with van der Waals surface area (Å²) in [5, 5.41) is 7.86. The number of ether oxygens (including phenoxy) is 1. The maximum absolute atomic E-state index is 12.9. The van der Waals surface area contributed by atoms with E-state index in [4.69, 9.17) is 21.5 Å². The van der Waals surface area contributed by atoms with Crippen LogP contribution >= 0.6 is 12.2 Å². The van der Waals surface area contributed by atoms with Crippen molar-refractivity contribution in [1.29, 1.82) is 0 Å². The molecular weight excluding hydrogens is 404 g/mol. The summed E-state index contributed by atoms with van der Waals surface area (Å²) in [5.74, 6) is 0.382. The summed E-state index contributed by atoms with van der Waals surface area (Å²) in [7, 11) is 0. The highest BCUT2D eigenvalue weighted by Gasteiger charge is 2.42. The van der Waals surface area contributed by atoms with Crippen LogP contribution in [0.5, 0.6) is 0 Å². The van der Waals surface area contributed by atoms with Gasteiger partial charge >= 0.3 is 5.97 Å².